The van der Waals surface area contributed by atoms with Crippen LogP contribution < -0.4 is 0 Å². The third-order valence-corrected chi connectivity index (χ3v) is 5.83. The lowest BCUT2D eigenvalue weighted by Crippen LogP contribution is -2.20. The zero-order chi connectivity index (χ0) is 18.9. The minimum Gasteiger partial charge on any atom is -0.462 e. The molecular weight excluding hydrogens is 328 g/mol. The van der Waals surface area contributed by atoms with Crippen molar-refractivity contribution in [2.24, 2.45) is 5.41 Å². The van der Waals surface area contributed by atoms with Crippen molar-refractivity contribution in [2.45, 2.75) is 52.6 Å². The topological polar surface area (TPSA) is 52.6 Å². The highest BCUT2D eigenvalue weighted by Gasteiger charge is 2.30. The number of benzene rings is 2. The van der Waals surface area contributed by atoms with Crippen LogP contribution in [0.1, 0.15) is 62.4 Å². The summed E-state index contributed by atoms with van der Waals surface area (Å²) in [6, 6.07) is 11.8. The van der Waals surface area contributed by atoms with Crippen LogP contribution in [0.4, 0.5) is 0 Å². The molecule has 3 rings (SSSR count). The molecule has 26 heavy (non-hydrogen) atoms. The molecule has 4 nitrogen and oxygen atoms in total. The molecule has 2 aromatic carbocycles. The summed E-state index contributed by atoms with van der Waals surface area (Å²) < 4.78 is 10.4. The van der Waals surface area contributed by atoms with Gasteiger partial charge in [0.1, 0.15) is 12.7 Å². The Balaban J connectivity index is 1.97. The van der Waals surface area contributed by atoms with Gasteiger partial charge in [0.2, 0.25) is 0 Å². The number of ether oxygens (including phenoxy) is 2. The summed E-state index contributed by atoms with van der Waals surface area (Å²) in [5.41, 5.74) is 1.93. The minimum atomic E-state index is -0.494. The third-order valence-electron chi connectivity index (χ3n) is 5.83. The fourth-order valence-corrected chi connectivity index (χ4v) is 3.39. The summed E-state index contributed by atoms with van der Waals surface area (Å²) in [5.74, 6) is -0.375. The predicted octanol–water partition coefficient (Wildman–Crippen LogP) is 4.85. The van der Waals surface area contributed by atoms with Crippen molar-refractivity contribution in [1.29, 1.82) is 0 Å². The minimum absolute atomic E-state index is 0.128. The van der Waals surface area contributed by atoms with Crippen LogP contribution >= 0.6 is 0 Å². The molecule has 0 radical (unpaired) electrons. The summed E-state index contributed by atoms with van der Waals surface area (Å²) in [5, 5.41) is 1.97. The number of rotatable bonds is 5. The van der Waals surface area contributed by atoms with Crippen LogP contribution in [-0.2, 0) is 14.3 Å². The van der Waals surface area contributed by atoms with Crippen molar-refractivity contribution >= 4 is 22.7 Å². The SMILES string of the molecule is CCC(C)(C)C(C)c1ccc(C(=O)OC2COC(=O)C2)c2ccccc12. The van der Waals surface area contributed by atoms with E-state index in [9.17, 15) is 9.59 Å². The molecule has 0 bridgehead atoms. The van der Waals surface area contributed by atoms with E-state index >= 15 is 0 Å². The molecule has 0 amide bonds. The van der Waals surface area contributed by atoms with Gasteiger partial charge in [0, 0.05) is 0 Å². The smallest absolute Gasteiger partial charge is 0.339 e. The Morgan fingerprint density at radius 2 is 1.92 bits per heavy atom. The van der Waals surface area contributed by atoms with Crippen LogP contribution in [0.15, 0.2) is 36.4 Å². The Bertz CT molecular complexity index is 837. The van der Waals surface area contributed by atoms with Gasteiger partial charge in [-0.1, -0.05) is 64.4 Å². The van der Waals surface area contributed by atoms with Gasteiger partial charge in [-0.3, -0.25) is 4.79 Å². The van der Waals surface area contributed by atoms with E-state index in [0.717, 1.165) is 17.2 Å². The average Bonchev–Trinajstić information content (AvgIpc) is 3.04. The quantitative estimate of drug-likeness (QED) is 0.720. The molecule has 1 heterocycles. The molecule has 1 aliphatic heterocycles. The highest BCUT2D eigenvalue weighted by molar-refractivity contribution is 6.05. The van der Waals surface area contributed by atoms with Crippen molar-refractivity contribution < 1.29 is 19.1 Å². The number of hydrogen-bond donors (Lipinski definition) is 0. The number of hydrogen-bond acceptors (Lipinski definition) is 4. The molecule has 1 fully saturated rings. The molecule has 0 N–H and O–H groups in total. The first kappa shape index (κ1) is 18.4. The molecular formula is C22H26O4. The largest absolute Gasteiger partial charge is 0.462 e. The fourth-order valence-electron chi connectivity index (χ4n) is 3.39. The zero-order valence-corrected chi connectivity index (χ0v) is 15.9. The summed E-state index contributed by atoms with van der Waals surface area (Å²) in [6.45, 7) is 9.12. The van der Waals surface area contributed by atoms with Crippen LogP contribution in [0.5, 0.6) is 0 Å². The van der Waals surface area contributed by atoms with E-state index in [-0.39, 0.29) is 24.4 Å². The van der Waals surface area contributed by atoms with Gasteiger partial charge in [-0.25, -0.2) is 4.79 Å². The Morgan fingerprint density at radius 1 is 1.23 bits per heavy atom. The van der Waals surface area contributed by atoms with Crippen molar-refractivity contribution in [2.75, 3.05) is 6.61 Å². The molecule has 1 saturated heterocycles. The second kappa shape index (κ2) is 7.10. The average molecular weight is 354 g/mol. The van der Waals surface area contributed by atoms with E-state index in [0.29, 0.717) is 11.5 Å². The Labute approximate surface area is 154 Å². The zero-order valence-electron chi connectivity index (χ0n) is 15.9. The maximum Gasteiger partial charge on any atom is 0.339 e. The van der Waals surface area contributed by atoms with Crippen molar-refractivity contribution in [1.82, 2.24) is 0 Å². The Hall–Kier alpha value is -2.36. The molecule has 2 aromatic rings. The van der Waals surface area contributed by atoms with Gasteiger partial charge >= 0.3 is 11.9 Å². The van der Waals surface area contributed by atoms with E-state index in [2.05, 4.69) is 33.8 Å². The number of cyclic esters (lactones) is 1. The predicted molar refractivity (Wildman–Crippen MR) is 101 cm³/mol. The van der Waals surface area contributed by atoms with Crippen LogP contribution in [0.25, 0.3) is 10.8 Å². The summed E-state index contributed by atoms with van der Waals surface area (Å²) in [6.07, 6.45) is 0.706. The number of fused-ring (bicyclic) bond motifs is 1. The second-order valence-corrected chi connectivity index (χ2v) is 7.73. The normalized spacial score (nSPS) is 18.6. The molecule has 0 aromatic heterocycles. The Morgan fingerprint density at radius 3 is 2.54 bits per heavy atom. The van der Waals surface area contributed by atoms with Crippen LogP contribution in [-0.4, -0.2) is 24.6 Å². The molecule has 0 aliphatic carbocycles. The first-order chi connectivity index (χ1) is 12.3. The van der Waals surface area contributed by atoms with Gasteiger partial charge in [0.15, 0.2) is 0 Å². The van der Waals surface area contributed by atoms with E-state index in [4.69, 9.17) is 9.47 Å². The number of esters is 2. The standard InChI is InChI=1S/C22H26O4/c1-5-22(3,4)14(2)16-10-11-19(18-9-7-6-8-17(16)18)21(24)26-15-12-20(23)25-13-15/h6-11,14-15H,5,12-13H2,1-4H3. The van der Waals surface area contributed by atoms with Gasteiger partial charge in [0.05, 0.1) is 12.0 Å². The molecule has 2 unspecified atom stereocenters. The van der Waals surface area contributed by atoms with Gasteiger partial charge in [-0.2, -0.15) is 0 Å². The first-order valence-electron chi connectivity index (χ1n) is 9.21. The van der Waals surface area contributed by atoms with Gasteiger partial charge < -0.3 is 9.47 Å². The van der Waals surface area contributed by atoms with Crippen LogP contribution in [0.2, 0.25) is 0 Å². The Kier molecular flexibility index (Phi) is 5.03. The van der Waals surface area contributed by atoms with Crippen molar-refractivity contribution in [3.63, 3.8) is 0 Å². The molecule has 1 aliphatic rings. The van der Waals surface area contributed by atoms with E-state index < -0.39 is 12.1 Å². The number of carbonyl (C=O) groups is 2. The molecule has 4 heteroatoms. The first-order valence-corrected chi connectivity index (χ1v) is 9.21. The molecule has 138 valence electrons. The maximum absolute atomic E-state index is 12.7. The van der Waals surface area contributed by atoms with Gasteiger partial charge in [-0.05, 0) is 33.7 Å². The highest BCUT2D eigenvalue weighted by atomic mass is 16.6. The fraction of sp³-hybridized carbons (Fsp3) is 0.455. The monoisotopic (exact) mass is 354 g/mol. The highest BCUT2D eigenvalue weighted by Crippen LogP contribution is 2.41. The van der Waals surface area contributed by atoms with Crippen LogP contribution in [0.3, 0.4) is 0 Å². The summed E-state index contributed by atoms with van der Waals surface area (Å²) >= 11 is 0. The lowest BCUT2D eigenvalue weighted by molar-refractivity contribution is -0.137. The van der Waals surface area contributed by atoms with Crippen LogP contribution in [0, 0.1) is 5.41 Å². The van der Waals surface area contributed by atoms with Gasteiger partial charge in [0.25, 0.3) is 0 Å². The van der Waals surface area contributed by atoms with Gasteiger partial charge in [-0.15, -0.1) is 0 Å². The van der Waals surface area contributed by atoms with E-state index in [1.54, 1.807) is 0 Å². The lowest BCUT2D eigenvalue weighted by atomic mass is 9.73. The summed E-state index contributed by atoms with van der Waals surface area (Å²) in [7, 11) is 0. The number of carbonyl (C=O) groups excluding carboxylic acids is 2. The molecule has 2 atom stereocenters. The molecule has 0 saturated carbocycles. The van der Waals surface area contributed by atoms with Crippen molar-refractivity contribution in [3.8, 4) is 0 Å². The van der Waals surface area contributed by atoms with Crippen molar-refractivity contribution in [3.05, 3.63) is 47.5 Å². The van der Waals surface area contributed by atoms with E-state index in [1.807, 2.05) is 30.3 Å². The lowest BCUT2D eigenvalue weighted by Gasteiger charge is -2.32. The summed E-state index contributed by atoms with van der Waals surface area (Å²) in [4.78, 5) is 23.9. The van der Waals surface area contributed by atoms with E-state index in [1.165, 1.54) is 5.56 Å². The third kappa shape index (κ3) is 3.46. The second-order valence-electron chi connectivity index (χ2n) is 7.73. The maximum atomic E-state index is 12.7. The molecule has 0 spiro atoms.